The van der Waals surface area contributed by atoms with Crippen LogP contribution in [0.4, 0.5) is 14.9 Å². The summed E-state index contributed by atoms with van der Waals surface area (Å²) in [6.45, 7) is 7.47. The molecule has 1 N–H and O–H groups in total. The van der Waals surface area contributed by atoms with Crippen LogP contribution in [0.1, 0.15) is 52.5 Å². The number of carbonyl (C=O) groups is 1. The first kappa shape index (κ1) is 32.2. The summed E-state index contributed by atoms with van der Waals surface area (Å²) in [4.78, 5) is 54.4. The van der Waals surface area contributed by atoms with E-state index in [1.807, 2.05) is 16.8 Å². The number of hydrogen-bond acceptors (Lipinski definition) is 9. The third kappa shape index (κ3) is 6.08. The molecule has 0 radical (unpaired) electrons. The molecule has 0 unspecified atom stereocenters. The third-order valence-corrected chi connectivity index (χ3v) is 8.98. The van der Waals surface area contributed by atoms with Gasteiger partial charge in [-0.2, -0.15) is 0 Å². The Kier molecular flexibility index (Phi) is 8.82. The molecule has 1 aromatic rings. The smallest absolute Gasteiger partial charge is 0.410 e. The monoisotopic (exact) mass is 681 g/mol. The van der Waals surface area contributed by atoms with Gasteiger partial charge in [-0.15, -0.1) is 0 Å². The summed E-state index contributed by atoms with van der Waals surface area (Å²) in [7, 11) is 0. The van der Waals surface area contributed by atoms with Gasteiger partial charge < -0.3 is 29.3 Å². The van der Waals surface area contributed by atoms with Gasteiger partial charge in [0, 0.05) is 47.7 Å². The number of allylic oxidation sites excluding steroid dienone is 2. The van der Waals surface area contributed by atoms with E-state index in [1.54, 1.807) is 61.8 Å². The van der Waals surface area contributed by atoms with Gasteiger partial charge in [0.15, 0.2) is 17.5 Å². The first-order valence-electron chi connectivity index (χ1n) is 14.6. The summed E-state index contributed by atoms with van der Waals surface area (Å²) in [6.07, 6.45) is 4.56. The fourth-order valence-corrected chi connectivity index (χ4v) is 6.39. The molecule has 1 aromatic carbocycles. The van der Waals surface area contributed by atoms with Gasteiger partial charge in [-0.3, -0.25) is 0 Å². The van der Waals surface area contributed by atoms with Crippen LogP contribution in [-0.4, -0.2) is 82.3 Å². The molecule has 10 nitrogen and oxygen atoms in total. The van der Waals surface area contributed by atoms with Crippen molar-refractivity contribution in [3.8, 4) is 0 Å². The average molecular weight is 683 g/mol. The largest absolute Gasteiger partial charge is 0.479 e. The molecule has 1 fully saturated rings. The van der Waals surface area contributed by atoms with E-state index in [2.05, 4.69) is 15.9 Å². The molecule has 5 rings (SSSR count). The van der Waals surface area contributed by atoms with Crippen LogP contribution in [0.2, 0.25) is 0 Å². The summed E-state index contributed by atoms with van der Waals surface area (Å²) in [5.74, 6) is 4.75. The van der Waals surface area contributed by atoms with E-state index in [0.717, 1.165) is 12.8 Å². The Balaban J connectivity index is 1.52. The zero-order chi connectivity index (χ0) is 32.7. The lowest BCUT2D eigenvalue weighted by Gasteiger charge is -2.41. The maximum atomic E-state index is 14.4. The SMILES string of the molecule is CC[C@@]1(O)C(=C=O)OCC2=C1C=CN(CC1=C(Br)C(=C=O)c3cc(F)ccc3N1CCN(C(=O)OC(C)(C)C)C1CC1)C2=C=O. The molecule has 0 aromatic heterocycles. The number of ether oxygens (including phenoxy) is 2. The number of nitrogens with zero attached hydrogens (tertiary/aromatic N) is 3. The van der Waals surface area contributed by atoms with Crippen LogP contribution in [0.25, 0.3) is 5.57 Å². The van der Waals surface area contributed by atoms with Crippen LogP contribution in [0.5, 0.6) is 0 Å². The highest BCUT2D eigenvalue weighted by Gasteiger charge is 2.45. The summed E-state index contributed by atoms with van der Waals surface area (Å²) >= 11 is 3.55. The number of hydrogen-bond donors (Lipinski definition) is 1. The molecule has 236 valence electrons. The van der Waals surface area contributed by atoms with Crippen molar-refractivity contribution in [3.05, 3.63) is 74.6 Å². The molecule has 3 heterocycles. The molecule has 1 aliphatic carbocycles. The molecule has 3 aliphatic heterocycles. The third-order valence-electron chi connectivity index (χ3n) is 8.12. The van der Waals surface area contributed by atoms with Crippen molar-refractivity contribution in [1.82, 2.24) is 9.80 Å². The highest BCUT2D eigenvalue weighted by atomic mass is 79.9. The van der Waals surface area contributed by atoms with Crippen LogP contribution >= 0.6 is 15.9 Å². The Bertz CT molecular complexity index is 1690. The number of rotatable bonds is 7. The molecule has 12 heteroatoms. The van der Waals surface area contributed by atoms with Crippen LogP contribution in [-0.2, 0) is 23.9 Å². The van der Waals surface area contributed by atoms with Gasteiger partial charge in [0.2, 0.25) is 5.76 Å². The number of aliphatic hydroxyl groups is 1. The molecule has 1 atom stereocenters. The average Bonchev–Trinajstić information content (AvgIpc) is 3.83. The summed E-state index contributed by atoms with van der Waals surface area (Å²) in [5, 5.41) is 11.3. The minimum absolute atomic E-state index is 0.0250. The Labute approximate surface area is 268 Å². The number of fused-ring (bicyclic) bond motifs is 1. The zero-order valence-corrected chi connectivity index (χ0v) is 27.0. The molecular formula is C33H33BrFN3O7. The van der Waals surface area contributed by atoms with E-state index in [4.69, 9.17) is 9.47 Å². The Morgan fingerprint density at radius 1 is 1.22 bits per heavy atom. The highest BCUT2D eigenvalue weighted by molar-refractivity contribution is 9.12. The quantitative estimate of drug-likeness (QED) is 0.413. The number of benzene rings is 1. The minimum Gasteiger partial charge on any atom is -0.479 e. The standard InChI is InChI=1S/C33H33BrFN3O7/c1-5-33(43)25-10-11-36(28(17-40)24(25)19-44-29(33)18-41)15-27-30(34)23(16-39)22-14-20(35)6-9-26(22)38(27)13-12-37(21-7-8-21)31(42)45-32(2,3)4/h6,9-11,14,21,43H,5,7-8,12-13,15,19H2,1-4H3/t33-/m0/s1. The molecule has 4 aliphatic rings. The Morgan fingerprint density at radius 2 is 1.96 bits per heavy atom. The zero-order valence-electron chi connectivity index (χ0n) is 25.4. The fourth-order valence-electron chi connectivity index (χ4n) is 5.76. The van der Waals surface area contributed by atoms with E-state index < -0.39 is 23.1 Å². The maximum absolute atomic E-state index is 14.4. The minimum atomic E-state index is -1.76. The fraction of sp³-hybridized carbons (Fsp3) is 0.424. The van der Waals surface area contributed by atoms with Gasteiger partial charge in [-0.1, -0.05) is 6.92 Å². The number of carbonyl (C=O) groups excluding carboxylic acids is 4. The van der Waals surface area contributed by atoms with Crippen molar-refractivity contribution in [2.24, 2.45) is 0 Å². The summed E-state index contributed by atoms with van der Waals surface area (Å²) in [5.41, 5.74) is -0.203. The van der Waals surface area contributed by atoms with Crippen LogP contribution in [0, 0.1) is 5.82 Å². The lowest BCUT2D eigenvalue weighted by Crippen LogP contribution is -2.45. The van der Waals surface area contributed by atoms with Crippen LogP contribution < -0.4 is 4.90 Å². The van der Waals surface area contributed by atoms with Gasteiger partial charge in [-0.05, 0) is 80.2 Å². The van der Waals surface area contributed by atoms with Gasteiger partial charge in [0.05, 0.1) is 22.3 Å². The normalized spacial score (nSPS) is 21.1. The molecular weight excluding hydrogens is 649 g/mol. The Morgan fingerprint density at radius 3 is 2.56 bits per heavy atom. The summed E-state index contributed by atoms with van der Waals surface area (Å²) < 4.78 is 25.9. The highest BCUT2D eigenvalue weighted by Crippen LogP contribution is 2.45. The predicted molar refractivity (Wildman–Crippen MR) is 167 cm³/mol. The van der Waals surface area contributed by atoms with Crippen LogP contribution in [0.15, 0.2) is 63.3 Å². The van der Waals surface area contributed by atoms with E-state index in [1.165, 1.54) is 12.1 Å². The van der Waals surface area contributed by atoms with Crippen molar-refractivity contribution in [3.63, 3.8) is 0 Å². The molecule has 1 amide bonds. The lowest BCUT2D eigenvalue weighted by molar-refractivity contribution is 0.0239. The molecule has 45 heavy (non-hydrogen) atoms. The number of amides is 1. The second-order valence-electron chi connectivity index (χ2n) is 12.2. The maximum Gasteiger partial charge on any atom is 0.410 e. The van der Waals surface area contributed by atoms with Crippen molar-refractivity contribution in [1.29, 1.82) is 0 Å². The van der Waals surface area contributed by atoms with Crippen molar-refractivity contribution in [2.75, 3.05) is 31.1 Å². The van der Waals surface area contributed by atoms with Gasteiger partial charge in [0.25, 0.3) is 0 Å². The van der Waals surface area contributed by atoms with E-state index in [0.29, 0.717) is 32.6 Å². The predicted octanol–water partition coefficient (Wildman–Crippen LogP) is 4.59. The van der Waals surface area contributed by atoms with Crippen molar-refractivity contribution >= 4 is 51.1 Å². The number of halogens is 2. The first-order valence-corrected chi connectivity index (χ1v) is 15.4. The van der Waals surface area contributed by atoms with E-state index >= 15 is 0 Å². The second kappa shape index (κ2) is 12.3. The molecule has 0 spiro atoms. The number of anilines is 1. The second-order valence-corrected chi connectivity index (χ2v) is 13.0. The topological polar surface area (TPSA) is 117 Å². The Hall–Kier alpha value is -4.17. The van der Waals surface area contributed by atoms with Gasteiger partial charge in [-0.25, -0.2) is 23.6 Å². The van der Waals surface area contributed by atoms with Gasteiger partial charge in [0.1, 0.15) is 29.7 Å². The van der Waals surface area contributed by atoms with E-state index in [9.17, 15) is 28.7 Å². The van der Waals surface area contributed by atoms with Crippen LogP contribution in [0.3, 0.4) is 0 Å². The first-order chi connectivity index (χ1) is 21.4. The molecule has 0 saturated heterocycles. The molecule has 1 saturated carbocycles. The molecule has 0 bridgehead atoms. The van der Waals surface area contributed by atoms with E-state index in [-0.39, 0.29) is 55.7 Å². The summed E-state index contributed by atoms with van der Waals surface area (Å²) in [6, 6.07) is 4.14. The van der Waals surface area contributed by atoms with Crippen molar-refractivity contribution in [2.45, 2.75) is 64.2 Å². The van der Waals surface area contributed by atoms with Crippen molar-refractivity contribution < 1.29 is 38.1 Å². The lowest BCUT2D eigenvalue weighted by atomic mass is 9.81. The van der Waals surface area contributed by atoms with Gasteiger partial charge >= 0.3 is 6.09 Å².